The van der Waals surface area contributed by atoms with Crippen LogP contribution in [0.3, 0.4) is 0 Å². The molecular weight excluding hydrogens is 446 g/mol. The molecule has 1 fully saturated rings. The van der Waals surface area contributed by atoms with Gasteiger partial charge < -0.3 is 4.90 Å². The highest BCUT2D eigenvalue weighted by molar-refractivity contribution is 9.10. The third kappa shape index (κ3) is 4.16. The maximum absolute atomic E-state index is 13.1. The molecule has 2 aromatic carbocycles. The van der Waals surface area contributed by atoms with Crippen LogP contribution >= 0.6 is 15.9 Å². The molecule has 0 spiro atoms. The van der Waals surface area contributed by atoms with Crippen molar-refractivity contribution in [2.75, 3.05) is 22.9 Å². The molecule has 0 radical (unpaired) electrons. The summed E-state index contributed by atoms with van der Waals surface area (Å²) in [4.78, 5) is 41.0. The van der Waals surface area contributed by atoms with E-state index >= 15 is 0 Å². The number of amides is 4. The smallest absolute Gasteiger partial charge is 0.335 e. The first-order valence-electron chi connectivity index (χ1n) is 9.80. The lowest BCUT2D eigenvalue weighted by Crippen LogP contribution is -2.54. The number of benzene rings is 2. The van der Waals surface area contributed by atoms with E-state index in [0.717, 1.165) is 39.3 Å². The minimum Gasteiger partial charge on any atom is -0.371 e. The molecule has 1 aliphatic heterocycles. The van der Waals surface area contributed by atoms with Crippen LogP contribution in [-0.2, 0) is 9.59 Å². The van der Waals surface area contributed by atoms with Gasteiger partial charge in [-0.05, 0) is 90.7 Å². The Labute approximate surface area is 184 Å². The van der Waals surface area contributed by atoms with Crippen molar-refractivity contribution in [1.29, 1.82) is 0 Å². The van der Waals surface area contributed by atoms with Crippen molar-refractivity contribution in [2.24, 2.45) is 0 Å². The summed E-state index contributed by atoms with van der Waals surface area (Å²) in [6.07, 6.45) is 1.51. The maximum atomic E-state index is 13.1. The predicted octanol–water partition coefficient (Wildman–Crippen LogP) is 4.58. The van der Waals surface area contributed by atoms with Crippen LogP contribution in [0, 0.1) is 13.8 Å². The quantitative estimate of drug-likeness (QED) is 0.513. The van der Waals surface area contributed by atoms with Gasteiger partial charge in [-0.2, -0.15) is 0 Å². The Bertz CT molecular complexity index is 1060. The number of barbiturate groups is 1. The molecule has 0 aliphatic carbocycles. The first-order valence-corrected chi connectivity index (χ1v) is 10.6. The number of urea groups is 1. The largest absolute Gasteiger partial charge is 0.371 e. The van der Waals surface area contributed by atoms with Crippen molar-refractivity contribution >= 4 is 51.2 Å². The summed E-state index contributed by atoms with van der Waals surface area (Å²) < 4.78 is 0.867. The number of hydrogen-bond donors (Lipinski definition) is 1. The standard InChI is InChI=1S/C23H24BrN3O3/c1-5-26(6-2)20-10-8-16(13-19(20)24)12-18-21(28)25-23(30)27(22(18)29)17-9-7-14(3)15(4)11-17/h7-13H,5-6H2,1-4H3,(H,25,28,30)/b18-12+. The van der Waals surface area contributed by atoms with Gasteiger partial charge in [-0.3, -0.25) is 14.9 Å². The first kappa shape index (κ1) is 21.8. The van der Waals surface area contributed by atoms with Crippen molar-refractivity contribution in [1.82, 2.24) is 5.32 Å². The molecular formula is C23H24BrN3O3. The van der Waals surface area contributed by atoms with Gasteiger partial charge in [0.1, 0.15) is 5.57 Å². The molecule has 0 aromatic heterocycles. The van der Waals surface area contributed by atoms with E-state index < -0.39 is 17.8 Å². The van der Waals surface area contributed by atoms with Gasteiger partial charge in [0.25, 0.3) is 11.8 Å². The van der Waals surface area contributed by atoms with E-state index in [9.17, 15) is 14.4 Å². The number of imide groups is 2. The Morgan fingerprint density at radius 3 is 2.30 bits per heavy atom. The molecule has 1 saturated heterocycles. The molecule has 1 N–H and O–H groups in total. The number of carbonyl (C=O) groups excluding carboxylic acids is 3. The maximum Gasteiger partial charge on any atom is 0.335 e. The summed E-state index contributed by atoms with van der Waals surface area (Å²) in [7, 11) is 0. The molecule has 0 unspecified atom stereocenters. The minimum atomic E-state index is -0.747. The topological polar surface area (TPSA) is 69.7 Å². The van der Waals surface area contributed by atoms with E-state index in [-0.39, 0.29) is 5.57 Å². The molecule has 0 atom stereocenters. The molecule has 7 heteroatoms. The highest BCUT2D eigenvalue weighted by Gasteiger charge is 2.36. The summed E-state index contributed by atoms with van der Waals surface area (Å²) in [5.74, 6) is -1.34. The van der Waals surface area contributed by atoms with Crippen molar-refractivity contribution in [2.45, 2.75) is 27.7 Å². The second kappa shape index (κ2) is 8.83. The Morgan fingerprint density at radius 2 is 1.70 bits per heavy atom. The first-order chi connectivity index (χ1) is 14.3. The lowest BCUT2D eigenvalue weighted by Gasteiger charge is -2.27. The van der Waals surface area contributed by atoms with Gasteiger partial charge in [-0.25, -0.2) is 9.69 Å². The summed E-state index contributed by atoms with van der Waals surface area (Å²) in [6.45, 7) is 9.74. The second-order valence-corrected chi connectivity index (χ2v) is 7.96. The molecule has 0 saturated carbocycles. The zero-order valence-corrected chi connectivity index (χ0v) is 19.0. The van der Waals surface area contributed by atoms with Crippen LogP contribution in [0.5, 0.6) is 0 Å². The van der Waals surface area contributed by atoms with Gasteiger partial charge in [-0.15, -0.1) is 0 Å². The third-order valence-corrected chi connectivity index (χ3v) is 5.87. The highest BCUT2D eigenvalue weighted by atomic mass is 79.9. The van der Waals surface area contributed by atoms with Gasteiger partial charge in [0.15, 0.2) is 0 Å². The molecule has 1 heterocycles. The number of carbonyl (C=O) groups is 3. The van der Waals surface area contributed by atoms with Crippen LogP contribution in [0.25, 0.3) is 6.08 Å². The van der Waals surface area contributed by atoms with Gasteiger partial charge in [0, 0.05) is 17.6 Å². The lowest BCUT2D eigenvalue weighted by atomic mass is 10.0. The molecule has 6 nitrogen and oxygen atoms in total. The number of hydrogen-bond acceptors (Lipinski definition) is 4. The van der Waals surface area contributed by atoms with Crippen LogP contribution in [0.4, 0.5) is 16.2 Å². The number of nitrogens with one attached hydrogen (secondary N) is 1. The van der Waals surface area contributed by atoms with Gasteiger partial charge >= 0.3 is 6.03 Å². The molecule has 3 rings (SSSR count). The predicted molar refractivity (Wildman–Crippen MR) is 123 cm³/mol. The SMILES string of the molecule is CCN(CC)c1ccc(/C=C2\C(=O)NC(=O)N(c3ccc(C)c(C)c3)C2=O)cc1Br. The second-order valence-electron chi connectivity index (χ2n) is 7.11. The van der Waals surface area contributed by atoms with E-state index in [2.05, 4.69) is 40.0 Å². The van der Waals surface area contributed by atoms with Crippen LogP contribution in [0.2, 0.25) is 0 Å². The van der Waals surface area contributed by atoms with Gasteiger partial charge in [0.2, 0.25) is 0 Å². The minimum absolute atomic E-state index is 0.0877. The fraction of sp³-hybridized carbons (Fsp3) is 0.261. The molecule has 156 valence electrons. The average Bonchev–Trinajstić information content (AvgIpc) is 2.70. The van der Waals surface area contributed by atoms with E-state index in [1.807, 2.05) is 38.1 Å². The molecule has 30 heavy (non-hydrogen) atoms. The number of anilines is 2. The summed E-state index contributed by atoms with van der Waals surface area (Å²) in [6, 6.07) is 10.2. The van der Waals surface area contributed by atoms with E-state index in [4.69, 9.17) is 0 Å². The molecule has 4 amide bonds. The summed E-state index contributed by atoms with van der Waals surface area (Å²) >= 11 is 3.58. The van der Waals surface area contributed by atoms with Crippen molar-refractivity contribution < 1.29 is 14.4 Å². The Balaban J connectivity index is 1.98. The fourth-order valence-corrected chi connectivity index (χ4v) is 4.00. The summed E-state index contributed by atoms with van der Waals surface area (Å²) in [5.41, 5.74) is 4.06. The number of aryl methyl sites for hydroxylation is 2. The highest BCUT2D eigenvalue weighted by Crippen LogP contribution is 2.29. The number of nitrogens with zero attached hydrogens (tertiary/aromatic N) is 2. The normalized spacial score (nSPS) is 15.6. The van der Waals surface area contributed by atoms with E-state index in [1.165, 1.54) is 6.08 Å². The fourth-order valence-electron chi connectivity index (χ4n) is 3.36. The van der Waals surface area contributed by atoms with Crippen molar-refractivity contribution in [3.05, 3.63) is 63.1 Å². The van der Waals surface area contributed by atoms with Crippen LogP contribution < -0.4 is 15.1 Å². The Hall–Kier alpha value is -2.93. The molecule has 2 aromatic rings. The van der Waals surface area contributed by atoms with E-state index in [0.29, 0.717) is 11.3 Å². The van der Waals surface area contributed by atoms with Crippen LogP contribution in [0.1, 0.15) is 30.5 Å². The molecule has 1 aliphatic rings. The lowest BCUT2D eigenvalue weighted by molar-refractivity contribution is -0.122. The summed E-state index contributed by atoms with van der Waals surface area (Å²) in [5, 5.41) is 2.26. The number of rotatable bonds is 5. The monoisotopic (exact) mass is 469 g/mol. The van der Waals surface area contributed by atoms with Crippen molar-refractivity contribution in [3.63, 3.8) is 0 Å². The molecule has 0 bridgehead atoms. The zero-order chi connectivity index (χ0) is 22.0. The van der Waals surface area contributed by atoms with Crippen LogP contribution in [-0.4, -0.2) is 30.9 Å². The van der Waals surface area contributed by atoms with E-state index in [1.54, 1.807) is 12.1 Å². The zero-order valence-electron chi connectivity index (χ0n) is 17.5. The van der Waals surface area contributed by atoms with Crippen LogP contribution in [0.15, 0.2) is 46.4 Å². The van der Waals surface area contributed by atoms with Gasteiger partial charge in [-0.1, -0.05) is 12.1 Å². The average molecular weight is 470 g/mol. The Kier molecular flexibility index (Phi) is 6.41. The van der Waals surface area contributed by atoms with Gasteiger partial charge in [0.05, 0.1) is 11.4 Å². The third-order valence-electron chi connectivity index (χ3n) is 5.24. The van der Waals surface area contributed by atoms with Crippen molar-refractivity contribution in [3.8, 4) is 0 Å². The Morgan fingerprint density at radius 1 is 1.00 bits per heavy atom. The number of halogens is 1.